The van der Waals surface area contributed by atoms with E-state index in [2.05, 4.69) is 30.3 Å². The molecule has 0 fully saturated rings. The highest BCUT2D eigenvalue weighted by atomic mass is 15.1. The number of nitrogens with one attached hydrogen (secondary N) is 1. The Hall–Kier alpha value is -1.69. The molecule has 0 saturated carbocycles. The molecule has 78 valence electrons. The van der Waals surface area contributed by atoms with Gasteiger partial charge < -0.3 is 10.2 Å². The average molecular weight is 201 g/mol. The van der Waals surface area contributed by atoms with Gasteiger partial charge in [-0.2, -0.15) is 5.26 Å². The smallest absolute Gasteiger partial charge is 0.0992 e. The topological polar surface area (TPSA) is 39.1 Å². The molecule has 3 heteroatoms. The predicted molar refractivity (Wildman–Crippen MR) is 62.1 cm³/mol. The van der Waals surface area contributed by atoms with E-state index in [1.54, 1.807) is 0 Å². The molecular formula is C12H15N3. The minimum atomic E-state index is 0.488. The number of hydrogen-bond donors (Lipinski definition) is 1. The summed E-state index contributed by atoms with van der Waals surface area (Å²) in [6, 6.07) is 8.46. The van der Waals surface area contributed by atoms with E-state index >= 15 is 0 Å². The molecule has 1 aliphatic rings. The van der Waals surface area contributed by atoms with Crippen LogP contribution in [0.4, 0.5) is 11.4 Å². The Morgan fingerprint density at radius 3 is 3.07 bits per heavy atom. The molecule has 1 aromatic rings. The zero-order valence-electron chi connectivity index (χ0n) is 9.12. The third kappa shape index (κ3) is 1.89. The van der Waals surface area contributed by atoms with Crippen LogP contribution in [-0.2, 0) is 0 Å². The summed E-state index contributed by atoms with van der Waals surface area (Å²) in [4.78, 5) is 2.20. The van der Waals surface area contributed by atoms with Crippen LogP contribution in [0.3, 0.4) is 0 Å². The quantitative estimate of drug-likeness (QED) is 0.699. The second-order valence-electron chi connectivity index (χ2n) is 4.10. The Morgan fingerprint density at radius 2 is 2.33 bits per heavy atom. The molecule has 3 nitrogen and oxygen atoms in total. The average Bonchev–Trinajstić information content (AvgIpc) is 2.39. The van der Waals surface area contributed by atoms with Gasteiger partial charge in [-0.05, 0) is 31.5 Å². The van der Waals surface area contributed by atoms with Crippen LogP contribution in [0.25, 0.3) is 0 Å². The van der Waals surface area contributed by atoms with Gasteiger partial charge in [0.2, 0.25) is 0 Å². The summed E-state index contributed by atoms with van der Waals surface area (Å²) in [6.45, 7) is 3.21. The number of nitrogens with zero attached hydrogens (tertiary/aromatic N) is 2. The molecule has 1 heterocycles. The van der Waals surface area contributed by atoms with Crippen molar-refractivity contribution in [2.24, 2.45) is 0 Å². The molecule has 1 atom stereocenters. The number of hydrogen-bond acceptors (Lipinski definition) is 3. The van der Waals surface area contributed by atoms with E-state index in [4.69, 9.17) is 5.26 Å². The zero-order valence-corrected chi connectivity index (χ0v) is 9.12. The van der Waals surface area contributed by atoms with Gasteiger partial charge in [0, 0.05) is 19.6 Å². The molecule has 0 aromatic heterocycles. The van der Waals surface area contributed by atoms with E-state index in [-0.39, 0.29) is 0 Å². The predicted octanol–water partition coefficient (Wildman–Crippen LogP) is 2.20. The highest BCUT2D eigenvalue weighted by Crippen LogP contribution is 2.29. The Morgan fingerprint density at radius 1 is 1.53 bits per heavy atom. The van der Waals surface area contributed by atoms with Gasteiger partial charge in [-0.15, -0.1) is 0 Å². The van der Waals surface area contributed by atoms with E-state index in [0.717, 1.165) is 29.9 Å². The van der Waals surface area contributed by atoms with Gasteiger partial charge in [0.25, 0.3) is 0 Å². The first kappa shape index (κ1) is 9.85. The van der Waals surface area contributed by atoms with Crippen molar-refractivity contribution < 1.29 is 0 Å². The van der Waals surface area contributed by atoms with Crippen molar-refractivity contribution >= 4 is 11.4 Å². The van der Waals surface area contributed by atoms with E-state index in [0.29, 0.717) is 6.04 Å². The summed E-state index contributed by atoms with van der Waals surface area (Å²) < 4.78 is 0. The fourth-order valence-electron chi connectivity index (χ4n) is 1.88. The fourth-order valence-corrected chi connectivity index (χ4v) is 1.88. The van der Waals surface area contributed by atoms with Crippen LogP contribution in [0.2, 0.25) is 0 Å². The first-order chi connectivity index (χ1) is 7.20. The minimum Gasteiger partial charge on any atom is -0.381 e. The highest BCUT2D eigenvalue weighted by molar-refractivity contribution is 5.72. The molecule has 15 heavy (non-hydrogen) atoms. The largest absolute Gasteiger partial charge is 0.381 e. The number of fused-ring (bicyclic) bond motifs is 1. The standard InChI is InChI=1S/C12H15N3/c1-9-5-6-15(2)12-7-10(8-13)3-4-11(12)14-9/h3-4,7,9,14H,5-6H2,1-2H3. The van der Waals surface area contributed by atoms with Crippen molar-refractivity contribution in [2.45, 2.75) is 19.4 Å². The van der Waals surface area contributed by atoms with Crippen LogP contribution >= 0.6 is 0 Å². The molecule has 1 N–H and O–H groups in total. The molecule has 0 amide bonds. The van der Waals surface area contributed by atoms with Gasteiger partial charge in [0.05, 0.1) is 23.0 Å². The van der Waals surface area contributed by atoms with Gasteiger partial charge in [0.15, 0.2) is 0 Å². The maximum Gasteiger partial charge on any atom is 0.0992 e. The Labute approximate surface area is 90.3 Å². The number of anilines is 2. The van der Waals surface area contributed by atoms with Gasteiger partial charge in [0.1, 0.15) is 0 Å². The summed E-state index contributed by atoms with van der Waals surface area (Å²) in [5.41, 5.74) is 2.97. The molecule has 0 aliphatic carbocycles. The van der Waals surface area contributed by atoms with Crippen molar-refractivity contribution in [1.82, 2.24) is 0 Å². The lowest BCUT2D eigenvalue weighted by molar-refractivity contribution is 0.711. The summed E-state index contributed by atoms with van der Waals surface area (Å²) >= 11 is 0. The van der Waals surface area contributed by atoms with Crippen LogP contribution in [0.15, 0.2) is 18.2 Å². The molecule has 0 saturated heterocycles. The fraction of sp³-hybridized carbons (Fsp3) is 0.417. The molecule has 2 rings (SSSR count). The van der Waals surface area contributed by atoms with Crippen LogP contribution in [0.1, 0.15) is 18.9 Å². The van der Waals surface area contributed by atoms with E-state index in [1.807, 2.05) is 18.2 Å². The van der Waals surface area contributed by atoms with Gasteiger partial charge in [-0.3, -0.25) is 0 Å². The van der Waals surface area contributed by atoms with Crippen LogP contribution in [0.5, 0.6) is 0 Å². The van der Waals surface area contributed by atoms with Crippen LogP contribution in [0, 0.1) is 11.3 Å². The van der Waals surface area contributed by atoms with E-state index < -0.39 is 0 Å². The number of nitriles is 1. The molecule has 0 radical (unpaired) electrons. The summed E-state index contributed by atoms with van der Waals surface area (Å²) in [7, 11) is 2.07. The summed E-state index contributed by atoms with van der Waals surface area (Å²) in [6.07, 6.45) is 1.12. The minimum absolute atomic E-state index is 0.488. The van der Waals surface area contributed by atoms with Gasteiger partial charge in [-0.1, -0.05) is 0 Å². The highest BCUT2D eigenvalue weighted by Gasteiger charge is 2.15. The third-order valence-electron chi connectivity index (χ3n) is 2.84. The Bertz CT molecular complexity index is 406. The molecule has 1 aromatic carbocycles. The zero-order chi connectivity index (χ0) is 10.8. The van der Waals surface area contributed by atoms with Crippen LogP contribution < -0.4 is 10.2 Å². The lowest BCUT2D eigenvalue weighted by atomic mass is 10.1. The summed E-state index contributed by atoms with van der Waals surface area (Å²) in [5.74, 6) is 0. The molecule has 0 spiro atoms. The third-order valence-corrected chi connectivity index (χ3v) is 2.84. The lowest BCUT2D eigenvalue weighted by Crippen LogP contribution is -2.20. The Kier molecular flexibility index (Phi) is 2.51. The molecule has 1 aliphatic heterocycles. The normalized spacial score (nSPS) is 19.8. The first-order valence-electron chi connectivity index (χ1n) is 5.22. The summed E-state index contributed by atoms with van der Waals surface area (Å²) in [5, 5.41) is 12.3. The van der Waals surface area contributed by atoms with Crippen molar-refractivity contribution in [2.75, 3.05) is 23.8 Å². The second kappa shape index (κ2) is 3.82. The second-order valence-corrected chi connectivity index (χ2v) is 4.10. The lowest BCUT2D eigenvalue weighted by Gasteiger charge is -2.18. The van der Waals surface area contributed by atoms with Crippen molar-refractivity contribution in [3.63, 3.8) is 0 Å². The van der Waals surface area contributed by atoms with E-state index in [1.165, 1.54) is 0 Å². The monoisotopic (exact) mass is 201 g/mol. The molecule has 1 unspecified atom stereocenters. The van der Waals surface area contributed by atoms with Crippen molar-refractivity contribution in [3.05, 3.63) is 23.8 Å². The van der Waals surface area contributed by atoms with Crippen LogP contribution in [-0.4, -0.2) is 19.6 Å². The SMILES string of the molecule is CC1CCN(C)c2cc(C#N)ccc2N1. The van der Waals surface area contributed by atoms with Crippen molar-refractivity contribution in [3.8, 4) is 6.07 Å². The van der Waals surface area contributed by atoms with E-state index in [9.17, 15) is 0 Å². The van der Waals surface area contributed by atoms with Gasteiger partial charge >= 0.3 is 0 Å². The Balaban J connectivity index is 2.44. The maximum atomic E-state index is 8.86. The molecular weight excluding hydrogens is 186 g/mol. The number of rotatable bonds is 0. The first-order valence-corrected chi connectivity index (χ1v) is 5.22. The maximum absolute atomic E-state index is 8.86. The number of benzene rings is 1. The molecule has 0 bridgehead atoms. The van der Waals surface area contributed by atoms with Crippen molar-refractivity contribution in [1.29, 1.82) is 5.26 Å². The van der Waals surface area contributed by atoms with Gasteiger partial charge in [-0.25, -0.2) is 0 Å².